The molecule has 0 radical (unpaired) electrons. The van der Waals surface area contributed by atoms with Crippen LogP contribution in [0.4, 0.5) is 4.79 Å². The van der Waals surface area contributed by atoms with Crippen LogP contribution in [0, 0.1) is 5.92 Å². The van der Waals surface area contributed by atoms with Crippen LogP contribution in [0.2, 0.25) is 0 Å². The molecular weight excluding hydrogens is 757 g/mol. The van der Waals surface area contributed by atoms with Gasteiger partial charge in [0.05, 0.1) is 24.2 Å². The van der Waals surface area contributed by atoms with Crippen molar-refractivity contribution in [3.05, 3.63) is 177 Å². The zero-order valence-corrected chi connectivity index (χ0v) is 33.8. The predicted octanol–water partition coefficient (Wildman–Crippen LogP) is 7.48. The number of aliphatic hydroxyl groups excluding tert-OH is 1. The fourth-order valence-corrected chi connectivity index (χ4v) is 7.87. The predicted molar refractivity (Wildman–Crippen MR) is 232 cm³/mol. The van der Waals surface area contributed by atoms with Gasteiger partial charge in [0.2, 0.25) is 5.56 Å². The van der Waals surface area contributed by atoms with Gasteiger partial charge in [-0.15, -0.1) is 0 Å². The zero-order valence-electron chi connectivity index (χ0n) is 33.8. The summed E-state index contributed by atoms with van der Waals surface area (Å²) in [6, 6.07) is 40.7. The third kappa shape index (κ3) is 10.9. The van der Waals surface area contributed by atoms with Gasteiger partial charge >= 0.3 is 6.09 Å². The van der Waals surface area contributed by atoms with Crippen LogP contribution < -0.4 is 20.9 Å². The lowest BCUT2D eigenvalue weighted by molar-refractivity contribution is 0.00337. The van der Waals surface area contributed by atoms with Crippen LogP contribution in [-0.2, 0) is 17.8 Å². The maximum absolute atomic E-state index is 13.7. The van der Waals surface area contributed by atoms with Gasteiger partial charge in [0.1, 0.15) is 24.2 Å². The number of aliphatic hydroxyl groups is 1. The molecule has 0 saturated carbocycles. The summed E-state index contributed by atoms with van der Waals surface area (Å²) in [5, 5.41) is 28.0. The summed E-state index contributed by atoms with van der Waals surface area (Å²) in [6.07, 6.45) is 0.790. The van der Waals surface area contributed by atoms with Crippen LogP contribution in [0.5, 0.6) is 11.5 Å². The van der Waals surface area contributed by atoms with Gasteiger partial charge in [-0.1, -0.05) is 110 Å². The molecule has 1 amide bonds. The molecule has 11 nitrogen and oxygen atoms in total. The molecule has 7 rings (SSSR count). The SMILES string of the molecule is CCC1CCN(CC(=O)c2ccccc2)CC1OC(=O)NC(c1ccccc1)c1cccc(OCc2ccc(CCNCC(O)c3ccc(O)c4[nH]c(=O)ccc34)cc2)c1. The monoisotopic (exact) mass is 808 g/mol. The molecule has 0 aliphatic carbocycles. The van der Waals surface area contributed by atoms with E-state index in [2.05, 4.69) is 39.6 Å². The molecule has 6 aromatic rings. The van der Waals surface area contributed by atoms with E-state index >= 15 is 0 Å². The number of hydrogen-bond donors (Lipinski definition) is 5. The number of aromatic amines is 1. The van der Waals surface area contributed by atoms with Crippen molar-refractivity contribution in [1.29, 1.82) is 0 Å². The number of benzene rings is 5. The fourth-order valence-electron chi connectivity index (χ4n) is 7.87. The van der Waals surface area contributed by atoms with E-state index < -0.39 is 18.2 Å². The number of hydrogen-bond acceptors (Lipinski definition) is 9. The molecule has 5 aromatic carbocycles. The highest BCUT2D eigenvalue weighted by molar-refractivity contribution is 5.97. The molecule has 60 heavy (non-hydrogen) atoms. The lowest BCUT2D eigenvalue weighted by Crippen LogP contribution is -2.48. The molecule has 4 unspecified atom stereocenters. The molecule has 0 spiro atoms. The van der Waals surface area contributed by atoms with Crippen molar-refractivity contribution in [2.75, 3.05) is 32.7 Å². The number of phenols is 1. The number of alkyl carbamates (subject to hydrolysis) is 1. The van der Waals surface area contributed by atoms with Gasteiger partial charge in [-0.2, -0.15) is 0 Å². The highest BCUT2D eigenvalue weighted by atomic mass is 16.6. The number of carbonyl (C=O) groups excluding carboxylic acids is 2. The van der Waals surface area contributed by atoms with Crippen molar-refractivity contribution in [1.82, 2.24) is 20.5 Å². The lowest BCUT2D eigenvalue weighted by atomic mass is 9.91. The number of carbonyl (C=O) groups is 2. The average molecular weight is 809 g/mol. The quantitative estimate of drug-likeness (QED) is 0.0467. The number of fused-ring (bicyclic) bond motifs is 1. The van der Waals surface area contributed by atoms with Gasteiger partial charge in [0, 0.05) is 30.1 Å². The second kappa shape index (κ2) is 20.1. The second-order valence-corrected chi connectivity index (χ2v) is 15.3. The number of piperidine rings is 1. The van der Waals surface area contributed by atoms with E-state index in [0.29, 0.717) is 54.0 Å². The van der Waals surface area contributed by atoms with Gasteiger partial charge in [0.25, 0.3) is 0 Å². The molecule has 1 aliphatic heterocycles. The number of Topliss-reactive ketones (excluding diaryl/α,β-unsaturated/α-hetero) is 1. The number of aromatic nitrogens is 1. The summed E-state index contributed by atoms with van der Waals surface area (Å²) >= 11 is 0. The van der Waals surface area contributed by atoms with E-state index in [1.54, 1.807) is 12.1 Å². The lowest BCUT2D eigenvalue weighted by Gasteiger charge is -2.37. The van der Waals surface area contributed by atoms with Crippen molar-refractivity contribution >= 4 is 22.8 Å². The maximum atomic E-state index is 13.7. The van der Waals surface area contributed by atoms with Gasteiger partial charge in [-0.25, -0.2) is 4.79 Å². The molecule has 310 valence electrons. The number of amides is 1. The van der Waals surface area contributed by atoms with Gasteiger partial charge < -0.3 is 35.3 Å². The Morgan fingerprint density at radius 2 is 1.60 bits per heavy atom. The second-order valence-electron chi connectivity index (χ2n) is 15.3. The number of phenolic OH excluding ortho intramolecular Hbond substituents is 1. The Hall–Kier alpha value is -6.27. The molecule has 11 heteroatoms. The summed E-state index contributed by atoms with van der Waals surface area (Å²) in [7, 11) is 0. The van der Waals surface area contributed by atoms with Crippen molar-refractivity contribution < 1.29 is 29.3 Å². The first kappa shape index (κ1) is 41.9. The van der Waals surface area contributed by atoms with Crippen LogP contribution in [0.3, 0.4) is 0 Å². The van der Waals surface area contributed by atoms with E-state index in [9.17, 15) is 24.6 Å². The van der Waals surface area contributed by atoms with Crippen LogP contribution in [0.25, 0.3) is 10.9 Å². The Morgan fingerprint density at radius 3 is 2.37 bits per heavy atom. The normalized spacial score (nSPS) is 16.5. The number of rotatable bonds is 17. The van der Waals surface area contributed by atoms with Crippen LogP contribution in [-0.4, -0.2) is 70.8 Å². The third-order valence-electron chi connectivity index (χ3n) is 11.2. The first-order valence-corrected chi connectivity index (χ1v) is 20.6. The number of aromatic hydroxyl groups is 1. The molecule has 0 bridgehead atoms. The minimum Gasteiger partial charge on any atom is -0.506 e. The van der Waals surface area contributed by atoms with Crippen LogP contribution in [0.1, 0.15) is 70.1 Å². The number of ketones is 1. The van der Waals surface area contributed by atoms with E-state index in [4.69, 9.17) is 9.47 Å². The number of ether oxygens (including phenoxy) is 2. The van der Waals surface area contributed by atoms with Gasteiger partial charge in [0.15, 0.2) is 5.78 Å². The number of nitrogens with zero attached hydrogens (tertiary/aromatic N) is 1. The molecule has 4 atom stereocenters. The standard InChI is InChI=1S/C49H52N4O7/c1-2-35-25-27-53(30-44(56)36-10-5-3-6-11-36)31-45(35)60-49(58)52-47(37-12-7-4-8-13-37)38-14-9-15-39(28-38)59-32-34-18-16-33(17-19-34)24-26-50-29-43(55)40-20-22-42(54)48-41(40)21-23-46(57)51-48/h3-23,28,35,43,45,47,50,54-55H,2,24-27,29-32H2,1H3,(H,51,57)(H,52,58). The number of likely N-dealkylation sites (tertiary alicyclic amines) is 1. The Kier molecular flexibility index (Phi) is 14.0. The number of H-pyrrole nitrogens is 1. The molecule has 2 heterocycles. The average Bonchev–Trinajstić information content (AvgIpc) is 3.27. The summed E-state index contributed by atoms with van der Waals surface area (Å²) in [6.45, 7) is 4.97. The molecule has 1 aliphatic rings. The fraction of sp³-hybridized carbons (Fsp3) is 0.286. The Bertz CT molecular complexity index is 2410. The molecular formula is C49H52N4O7. The third-order valence-corrected chi connectivity index (χ3v) is 11.2. The Balaban J connectivity index is 0.920. The minimum absolute atomic E-state index is 0.0402. The van der Waals surface area contributed by atoms with E-state index in [1.807, 2.05) is 97.1 Å². The van der Waals surface area contributed by atoms with Crippen molar-refractivity contribution in [2.24, 2.45) is 5.92 Å². The van der Waals surface area contributed by atoms with Crippen molar-refractivity contribution in [2.45, 2.75) is 51.0 Å². The van der Waals surface area contributed by atoms with Gasteiger partial charge in [-0.05, 0) is 90.4 Å². The molecule has 1 aromatic heterocycles. The number of nitrogens with one attached hydrogen (secondary N) is 3. The Morgan fingerprint density at radius 1 is 0.867 bits per heavy atom. The van der Waals surface area contributed by atoms with Crippen LogP contribution >= 0.6 is 0 Å². The van der Waals surface area contributed by atoms with E-state index in [1.165, 1.54) is 12.1 Å². The smallest absolute Gasteiger partial charge is 0.408 e. The first-order chi connectivity index (χ1) is 29.2. The van der Waals surface area contributed by atoms with E-state index in [0.717, 1.165) is 48.1 Å². The highest BCUT2D eigenvalue weighted by Crippen LogP contribution is 2.30. The molecule has 5 N–H and O–H groups in total. The molecule has 1 fully saturated rings. The highest BCUT2D eigenvalue weighted by Gasteiger charge is 2.33. The maximum Gasteiger partial charge on any atom is 0.408 e. The topological polar surface area (TPSA) is 153 Å². The largest absolute Gasteiger partial charge is 0.506 e. The van der Waals surface area contributed by atoms with E-state index in [-0.39, 0.29) is 35.7 Å². The van der Waals surface area contributed by atoms with Crippen molar-refractivity contribution in [3.8, 4) is 11.5 Å². The Labute approximate surface area is 350 Å². The summed E-state index contributed by atoms with van der Waals surface area (Å²) in [4.78, 5) is 43.1. The number of pyridine rings is 1. The first-order valence-electron chi connectivity index (χ1n) is 20.6. The molecule has 1 saturated heterocycles. The summed E-state index contributed by atoms with van der Waals surface area (Å²) < 4.78 is 12.4. The van der Waals surface area contributed by atoms with Gasteiger partial charge in [-0.3, -0.25) is 14.5 Å². The minimum atomic E-state index is -0.823. The van der Waals surface area contributed by atoms with Crippen molar-refractivity contribution in [3.63, 3.8) is 0 Å². The summed E-state index contributed by atoms with van der Waals surface area (Å²) in [5.41, 5.74) is 5.18. The summed E-state index contributed by atoms with van der Waals surface area (Å²) in [5.74, 6) is 0.880. The zero-order chi connectivity index (χ0) is 41.8. The van der Waals surface area contributed by atoms with Crippen LogP contribution in [0.15, 0.2) is 138 Å².